The minimum absolute atomic E-state index is 0.0715. The maximum Gasteiger partial charge on any atom is 0.394 e. The third-order valence-corrected chi connectivity index (χ3v) is 4.49. The van der Waals surface area contributed by atoms with Gasteiger partial charge in [-0.2, -0.15) is 8.42 Å². The van der Waals surface area contributed by atoms with Crippen molar-refractivity contribution in [2.24, 2.45) is 0 Å². The van der Waals surface area contributed by atoms with Crippen LogP contribution in [0.5, 0.6) is 0 Å². The van der Waals surface area contributed by atoms with Gasteiger partial charge in [0.1, 0.15) is 0 Å². The zero-order chi connectivity index (χ0) is 10.9. The van der Waals surface area contributed by atoms with Gasteiger partial charge in [0.25, 0.3) is 0 Å². The van der Waals surface area contributed by atoms with Crippen LogP contribution in [0.25, 0.3) is 0 Å². The minimum Gasteiger partial charge on any atom is -0.273 e. The van der Waals surface area contributed by atoms with Crippen LogP contribution in [-0.4, -0.2) is 30.8 Å². The highest BCUT2D eigenvalue weighted by Crippen LogP contribution is 2.33. The van der Waals surface area contributed by atoms with Gasteiger partial charge in [-0.15, -0.1) is 11.6 Å². The lowest BCUT2D eigenvalue weighted by molar-refractivity contribution is -0.518. The van der Waals surface area contributed by atoms with Crippen LogP contribution >= 0.6 is 50.1 Å². The summed E-state index contributed by atoms with van der Waals surface area (Å²) in [7, 11) is -4.71. The molecule has 11 heteroatoms. The summed E-state index contributed by atoms with van der Waals surface area (Å²) in [4.78, 5) is 9.39. The van der Waals surface area contributed by atoms with E-state index in [1.807, 2.05) is 0 Å². The van der Waals surface area contributed by atoms with Crippen molar-refractivity contribution in [3.05, 3.63) is 10.1 Å². The first-order chi connectivity index (χ1) is 5.64. The monoisotopic (exact) mass is 408 g/mol. The van der Waals surface area contributed by atoms with Gasteiger partial charge in [-0.1, -0.05) is 4.31 Å². The molecule has 0 amide bonds. The number of alkyl halides is 3. The molecule has 0 radical (unpaired) electrons. The molecule has 1 atom stereocenters. The van der Waals surface area contributed by atoms with E-state index in [9.17, 15) is 18.5 Å². The Bertz CT molecular complexity index is 306. The molecule has 0 aromatic carbocycles. The van der Waals surface area contributed by atoms with Crippen LogP contribution in [0.2, 0.25) is 0 Å². The average Bonchev–Trinajstić information content (AvgIpc) is 1.83. The topological polar surface area (TPSA) is 101 Å². The summed E-state index contributed by atoms with van der Waals surface area (Å²) in [5.41, 5.74) is 0. The normalized spacial score (nSPS) is 17.0. The van der Waals surface area contributed by atoms with Gasteiger partial charge in [0.15, 0.2) is 0 Å². The highest BCUT2D eigenvalue weighted by molar-refractivity contribution is 14.1. The van der Waals surface area contributed by atoms with Crippen LogP contribution in [0.4, 0.5) is 0 Å². The second-order valence-electron chi connectivity index (χ2n) is 1.71. The van der Waals surface area contributed by atoms with E-state index in [0.29, 0.717) is 0 Å². The van der Waals surface area contributed by atoms with E-state index < -0.39 is 23.8 Å². The Morgan fingerprint density at radius 3 is 2.23 bits per heavy atom. The number of hydrogen-bond donors (Lipinski definition) is 1. The summed E-state index contributed by atoms with van der Waals surface area (Å²) in [5.74, 6) is 0. The highest BCUT2D eigenvalue weighted by atomic mass is 127. The molecule has 0 saturated heterocycles. The first kappa shape index (κ1) is 13.8. The second kappa shape index (κ2) is 4.53. The van der Waals surface area contributed by atoms with Crippen LogP contribution in [-0.2, 0) is 10.3 Å². The Morgan fingerprint density at radius 1 is 1.77 bits per heavy atom. The molecule has 7 nitrogen and oxygen atoms in total. The Kier molecular flexibility index (Phi) is 4.79. The van der Waals surface area contributed by atoms with Crippen molar-refractivity contribution in [2.45, 2.75) is 2.58 Å². The minimum atomic E-state index is -4.71. The van der Waals surface area contributed by atoms with Gasteiger partial charge in [-0.25, -0.2) is 0 Å². The molecule has 0 spiro atoms. The van der Waals surface area contributed by atoms with Crippen LogP contribution in [0, 0.1) is 10.1 Å². The number of rotatable bonds is 4. The van der Waals surface area contributed by atoms with Gasteiger partial charge >= 0.3 is 12.9 Å². The molecule has 0 aliphatic heterocycles. The van der Waals surface area contributed by atoms with Crippen LogP contribution in [0.3, 0.4) is 0 Å². The number of halogens is 3. The third-order valence-electron chi connectivity index (χ3n) is 0.907. The second-order valence-corrected chi connectivity index (χ2v) is 7.38. The van der Waals surface area contributed by atoms with E-state index in [2.05, 4.69) is 15.9 Å². The van der Waals surface area contributed by atoms with Crippen molar-refractivity contribution in [3.63, 3.8) is 0 Å². The first-order valence-corrected chi connectivity index (χ1v) is 6.28. The number of nitrogens with zero attached hydrogens (tertiary/aromatic N) is 2. The van der Waals surface area contributed by atoms with Gasteiger partial charge in [0.05, 0.1) is 10.9 Å². The maximum absolute atomic E-state index is 10.6. The van der Waals surface area contributed by atoms with Crippen molar-refractivity contribution in [3.8, 4) is 0 Å². The molecule has 1 N–H and O–H groups in total. The SMILES string of the molecule is O=[N+]([O-])C(Br)(I)N(CCl)S(=O)(=O)O. The largest absolute Gasteiger partial charge is 0.394 e. The molecule has 13 heavy (non-hydrogen) atoms. The summed E-state index contributed by atoms with van der Waals surface area (Å²) in [5, 5.41) is 10.3. The molecule has 0 fully saturated rings. The van der Waals surface area contributed by atoms with Crippen LogP contribution in [0.1, 0.15) is 0 Å². The van der Waals surface area contributed by atoms with Gasteiger partial charge in [-0.05, 0) is 0 Å². The Morgan fingerprint density at radius 2 is 2.15 bits per heavy atom. The first-order valence-electron chi connectivity index (χ1n) is 2.47. The van der Waals surface area contributed by atoms with Crippen LogP contribution < -0.4 is 0 Å². The highest BCUT2D eigenvalue weighted by Gasteiger charge is 2.49. The summed E-state index contributed by atoms with van der Waals surface area (Å²) in [6.07, 6.45) is 0. The van der Waals surface area contributed by atoms with Crippen molar-refractivity contribution in [1.29, 1.82) is 0 Å². The van der Waals surface area contributed by atoms with Crippen molar-refractivity contribution in [2.75, 3.05) is 6.00 Å². The van der Waals surface area contributed by atoms with Crippen molar-refractivity contribution < 1.29 is 17.9 Å². The number of nitro groups is 1. The standard InChI is InChI=1S/C2H3BrClIN2O5S/c3-2(5,7(8)9)6(1-4)13(10,11)12/h1H2,(H,10,11,12). The molecule has 0 aliphatic rings. The zero-order valence-electron chi connectivity index (χ0n) is 5.72. The molecule has 0 saturated carbocycles. The summed E-state index contributed by atoms with van der Waals surface area (Å²) < 4.78 is 27.6. The van der Waals surface area contributed by atoms with E-state index >= 15 is 0 Å². The Hall–Kier alpha value is 0.770. The summed E-state index contributed by atoms with van der Waals surface area (Å²) in [6.45, 7) is 0. The van der Waals surface area contributed by atoms with Gasteiger partial charge < -0.3 is 0 Å². The zero-order valence-corrected chi connectivity index (χ0v) is 11.0. The molecular formula is C2H3BrClIN2O5S. The quantitative estimate of drug-likeness (QED) is 0.142. The Labute approximate surface area is 101 Å². The molecule has 78 valence electrons. The van der Waals surface area contributed by atoms with Gasteiger partial charge in [-0.3, -0.25) is 14.7 Å². The predicted octanol–water partition coefficient (Wildman–Crippen LogP) is 1.01. The smallest absolute Gasteiger partial charge is 0.273 e. The average molecular weight is 409 g/mol. The number of hydrogen-bond acceptors (Lipinski definition) is 4. The molecule has 0 rings (SSSR count). The van der Waals surface area contributed by atoms with Crippen LogP contribution in [0.15, 0.2) is 0 Å². The fourth-order valence-corrected chi connectivity index (χ4v) is 3.31. The fourth-order valence-electron chi connectivity index (χ4n) is 0.363. The summed E-state index contributed by atoms with van der Waals surface area (Å²) in [6, 6.07) is -0.742. The lowest BCUT2D eigenvalue weighted by atomic mass is 11.1. The molecular weight excluding hydrogens is 406 g/mol. The van der Waals surface area contributed by atoms with Gasteiger partial charge in [0.2, 0.25) is 0 Å². The van der Waals surface area contributed by atoms with Crippen molar-refractivity contribution in [1.82, 2.24) is 4.31 Å². The molecule has 0 bridgehead atoms. The van der Waals surface area contributed by atoms with E-state index in [4.69, 9.17) is 16.2 Å². The van der Waals surface area contributed by atoms with Crippen molar-refractivity contribution >= 4 is 60.4 Å². The molecule has 1 unspecified atom stereocenters. The van der Waals surface area contributed by atoms with E-state index in [0.717, 1.165) is 0 Å². The molecule has 0 aliphatic carbocycles. The fraction of sp³-hybridized carbons (Fsp3) is 1.00. The lowest BCUT2D eigenvalue weighted by Crippen LogP contribution is -2.47. The third kappa shape index (κ3) is 3.43. The molecule has 0 heterocycles. The lowest BCUT2D eigenvalue weighted by Gasteiger charge is -2.21. The van der Waals surface area contributed by atoms with Gasteiger partial charge in [0, 0.05) is 38.5 Å². The van der Waals surface area contributed by atoms with E-state index in [1.54, 1.807) is 0 Å². The summed E-state index contributed by atoms with van der Waals surface area (Å²) >= 11 is 8.80. The Balaban J connectivity index is 5.12. The molecule has 0 aromatic rings. The maximum atomic E-state index is 10.6. The molecule has 0 aromatic heterocycles. The predicted molar refractivity (Wildman–Crippen MR) is 56.8 cm³/mol. The van der Waals surface area contributed by atoms with E-state index in [1.165, 1.54) is 22.6 Å². The van der Waals surface area contributed by atoms with E-state index in [-0.39, 0.29) is 4.31 Å².